The molecule has 0 aromatic carbocycles. The summed E-state index contributed by atoms with van der Waals surface area (Å²) in [7, 11) is 0. The molecule has 3 aromatic heterocycles. The summed E-state index contributed by atoms with van der Waals surface area (Å²) >= 11 is 1.51. The van der Waals surface area contributed by atoms with Crippen molar-refractivity contribution in [3.63, 3.8) is 0 Å². The molecule has 0 saturated heterocycles. The molecular formula is C16H14N4OS. The molecule has 0 spiro atoms. The number of furan rings is 1. The van der Waals surface area contributed by atoms with Crippen LogP contribution >= 0.6 is 11.3 Å². The summed E-state index contributed by atoms with van der Waals surface area (Å²) in [4.78, 5) is 9.25. The standard InChI is InChI=1S/C16H14N4OS/c1-2-7-18-16-20(19-11-13-5-8-17-9-6-13)14(12-22-16)15-4-3-10-21-15/h2-6,8-12H,1,7H2. The molecule has 0 saturated carbocycles. The Bertz CT molecular complexity index is 829. The van der Waals surface area contributed by atoms with Crippen LogP contribution in [-0.4, -0.2) is 22.4 Å². The number of hydrogen-bond donors (Lipinski definition) is 0. The highest BCUT2D eigenvalue weighted by atomic mass is 32.1. The maximum Gasteiger partial charge on any atom is 0.206 e. The molecule has 0 amide bonds. The third-order valence-electron chi connectivity index (χ3n) is 2.84. The normalized spacial score (nSPS) is 12.1. The molecule has 0 aliphatic carbocycles. The van der Waals surface area contributed by atoms with E-state index in [1.165, 1.54) is 11.3 Å². The predicted octanol–water partition coefficient (Wildman–Crippen LogP) is 3.17. The van der Waals surface area contributed by atoms with Gasteiger partial charge in [0.2, 0.25) is 4.80 Å². The Morgan fingerprint density at radius 1 is 1.32 bits per heavy atom. The van der Waals surface area contributed by atoms with Crippen molar-refractivity contribution in [2.24, 2.45) is 10.1 Å². The van der Waals surface area contributed by atoms with E-state index in [0.29, 0.717) is 6.54 Å². The Balaban J connectivity index is 2.05. The highest BCUT2D eigenvalue weighted by molar-refractivity contribution is 7.07. The van der Waals surface area contributed by atoms with Crippen LogP contribution in [0.4, 0.5) is 0 Å². The molecule has 3 aromatic rings. The van der Waals surface area contributed by atoms with E-state index in [4.69, 9.17) is 4.42 Å². The van der Waals surface area contributed by atoms with Gasteiger partial charge in [0.25, 0.3) is 0 Å². The number of rotatable bonds is 5. The summed E-state index contributed by atoms with van der Waals surface area (Å²) < 4.78 is 7.24. The maximum atomic E-state index is 5.47. The zero-order chi connectivity index (χ0) is 15.2. The quantitative estimate of drug-likeness (QED) is 0.537. The highest BCUT2D eigenvalue weighted by Crippen LogP contribution is 2.20. The monoisotopic (exact) mass is 310 g/mol. The molecule has 0 radical (unpaired) electrons. The molecule has 0 fully saturated rings. The molecule has 0 N–H and O–H groups in total. The van der Waals surface area contributed by atoms with Crippen molar-refractivity contribution in [3.05, 3.63) is 71.3 Å². The van der Waals surface area contributed by atoms with Gasteiger partial charge in [0.15, 0.2) is 5.76 Å². The van der Waals surface area contributed by atoms with Crippen LogP contribution in [-0.2, 0) is 0 Å². The number of aromatic nitrogens is 2. The minimum atomic E-state index is 0.545. The van der Waals surface area contributed by atoms with Gasteiger partial charge < -0.3 is 4.42 Å². The van der Waals surface area contributed by atoms with Gasteiger partial charge in [0, 0.05) is 17.8 Å². The lowest BCUT2D eigenvalue weighted by Gasteiger charge is -2.00. The molecule has 6 heteroatoms. The third-order valence-corrected chi connectivity index (χ3v) is 3.70. The number of hydrogen-bond acceptors (Lipinski definition) is 5. The first kappa shape index (κ1) is 14.2. The van der Waals surface area contributed by atoms with E-state index in [1.54, 1.807) is 35.6 Å². The fourth-order valence-corrected chi connectivity index (χ4v) is 2.66. The molecule has 5 nitrogen and oxygen atoms in total. The number of thiazole rings is 1. The van der Waals surface area contributed by atoms with E-state index >= 15 is 0 Å². The van der Waals surface area contributed by atoms with Gasteiger partial charge in [-0.25, -0.2) is 4.68 Å². The Morgan fingerprint density at radius 2 is 2.18 bits per heavy atom. The Kier molecular flexibility index (Phi) is 4.41. The largest absolute Gasteiger partial charge is 0.463 e. The summed E-state index contributed by atoms with van der Waals surface area (Å²) in [5, 5.41) is 6.51. The van der Waals surface area contributed by atoms with Crippen LogP contribution in [0.5, 0.6) is 0 Å². The summed E-state index contributed by atoms with van der Waals surface area (Å²) in [6.07, 6.45) is 8.63. The lowest BCUT2D eigenvalue weighted by atomic mass is 10.3. The number of pyridine rings is 1. The van der Waals surface area contributed by atoms with Crippen LogP contribution in [0.15, 0.2) is 75.5 Å². The SMILES string of the molecule is C=CCN=c1scc(-c2ccco2)n1N=Cc1ccncc1. The molecule has 3 rings (SSSR count). The second-order valence-corrected chi connectivity index (χ2v) is 5.18. The molecule has 0 unspecified atom stereocenters. The second kappa shape index (κ2) is 6.82. The van der Waals surface area contributed by atoms with Crippen molar-refractivity contribution in [2.75, 3.05) is 6.54 Å². The van der Waals surface area contributed by atoms with Gasteiger partial charge >= 0.3 is 0 Å². The molecule has 0 aliphatic heterocycles. The minimum absolute atomic E-state index is 0.545. The minimum Gasteiger partial charge on any atom is -0.463 e. The van der Waals surface area contributed by atoms with Crippen molar-refractivity contribution < 1.29 is 4.42 Å². The zero-order valence-corrected chi connectivity index (χ0v) is 12.6. The summed E-state index contributed by atoms with van der Waals surface area (Å²) in [6.45, 7) is 4.24. The van der Waals surface area contributed by atoms with E-state index in [-0.39, 0.29) is 0 Å². The summed E-state index contributed by atoms with van der Waals surface area (Å²) in [5.41, 5.74) is 1.83. The zero-order valence-electron chi connectivity index (χ0n) is 11.8. The second-order valence-electron chi connectivity index (χ2n) is 4.35. The molecular weight excluding hydrogens is 296 g/mol. The third kappa shape index (κ3) is 3.12. The first-order valence-corrected chi connectivity index (χ1v) is 7.56. The van der Waals surface area contributed by atoms with Gasteiger partial charge in [-0.05, 0) is 29.8 Å². The average Bonchev–Trinajstić information content (AvgIpc) is 3.21. The first-order valence-electron chi connectivity index (χ1n) is 6.68. The van der Waals surface area contributed by atoms with E-state index in [0.717, 1.165) is 21.8 Å². The van der Waals surface area contributed by atoms with Crippen molar-refractivity contribution in [1.82, 2.24) is 9.66 Å². The van der Waals surface area contributed by atoms with Crippen molar-refractivity contribution in [3.8, 4) is 11.5 Å². The maximum absolute atomic E-state index is 5.47. The van der Waals surface area contributed by atoms with Crippen LogP contribution < -0.4 is 4.80 Å². The van der Waals surface area contributed by atoms with Crippen LogP contribution in [0, 0.1) is 0 Å². The van der Waals surface area contributed by atoms with Crippen LogP contribution in [0.3, 0.4) is 0 Å². The Labute approximate surface area is 131 Å². The van der Waals surface area contributed by atoms with E-state index < -0.39 is 0 Å². The summed E-state index contributed by atoms with van der Waals surface area (Å²) in [6, 6.07) is 7.54. The van der Waals surface area contributed by atoms with Gasteiger partial charge in [-0.1, -0.05) is 6.08 Å². The van der Waals surface area contributed by atoms with Crippen molar-refractivity contribution in [1.29, 1.82) is 0 Å². The van der Waals surface area contributed by atoms with Gasteiger partial charge in [-0.3, -0.25) is 9.98 Å². The van der Waals surface area contributed by atoms with Crippen LogP contribution in [0.25, 0.3) is 11.5 Å². The van der Waals surface area contributed by atoms with Crippen molar-refractivity contribution >= 4 is 17.6 Å². The van der Waals surface area contributed by atoms with Crippen LogP contribution in [0.1, 0.15) is 5.56 Å². The summed E-state index contributed by atoms with van der Waals surface area (Å²) in [5.74, 6) is 0.753. The lowest BCUT2D eigenvalue weighted by Crippen LogP contribution is -2.12. The van der Waals surface area contributed by atoms with E-state index in [9.17, 15) is 0 Å². The van der Waals surface area contributed by atoms with Crippen molar-refractivity contribution in [2.45, 2.75) is 0 Å². The highest BCUT2D eigenvalue weighted by Gasteiger charge is 2.09. The van der Waals surface area contributed by atoms with E-state index in [2.05, 4.69) is 21.7 Å². The van der Waals surface area contributed by atoms with Gasteiger partial charge in [-0.2, -0.15) is 5.10 Å². The fraction of sp³-hybridized carbons (Fsp3) is 0.0625. The van der Waals surface area contributed by atoms with Gasteiger partial charge in [0.05, 0.1) is 19.0 Å². The molecule has 0 aliphatic rings. The smallest absolute Gasteiger partial charge is 0.206 e. The van der Waals surface area contributed by atoms with Gasteiger partial charge in [-0.15, -0.1) is 17.9 Å². The topological polar surface area (TPSA) is 55.7 Å². The predicted molar refractivity (Wildman–Crippen MR) is 87.9 cm³/mol. The molecule has 22 heavy (non-hydrogen) atoms. The molecule has 0 atom stereocenters. The fourth-order valence-electron chi connectivity index (χ4n) is 1.83. The van der Waals surface area contributed by atoms with Crippen LogP contribution in [0.2, 0.25) is 0 Å². The Morgan fingerprint density at radius 3 is 2.91 bits per heavy atom. The first-order chi connectivity index (χ1) is 10.9. The average molecular weight is 310 g/mol. The number of nitrogens with zero attached hydrogens (tertiary/aromatic N) is 4. The Hall–Kier alpha value is -2.73. The van der Waals surface area contributed by atoms with Gasteiger partial charge in [0.1, 0.15) is 5.69 Å². The lowest BCUT2D eigenvalue weighted by molar-refractivity contribution is 0.575. The molecule has 0 bridgehead atoms. The van der Waals surface area contributed by atoms with E-state index in [1.807, 2.05) is 29.6 Å². The molecule has 3 heterocycles. The molecule has 110 valence electrons.